The van der Waals surface area contributed by atoms with E-state index in [9.17, 15) is 40.5 Å². The van der Waals surface area contributed by atoms with E-state index in [1.807, 2.05) is 13.8 Å². The maximum absolute atomic E-state index is 13.6. The SMILES string of the molecule is CCc1c(C)c2cc3[nH]c(cc4nc(c(C)c5nc(cc1[nH]2)C(C)=C5)[C@@H](CCC(=O)N(C)CCCO[C@@H]1O[C@H](CO)[C@@H](O)[C@H](O)[C@H]1O)[C@@H]4C)c(C)c3CO[C@H]1C[C@@H](O)[C@H](O)[C@@H](CO)O1. The molecule has 3 aromatic heterocycles. The summed E-state index contributed by atoms with van der Waals surface area (Å²) in [6, 6.07) is 6.24. The Morgan fingerprint density at radius 1 is 0.828 bits per heavy atom. The number of H-pyrrole nitrogens is 2. The molecule has 0 aromatic carbocycles. The monoisotopic (exact) mass is 891 g/mol. The lowest BCUT2D eigenvalue weighted by atomic mass is 9.85. The molecule has 3 aromatic rings. The Morgan fingerprint density at radius 3 is 2.20 bits per heavy atom. The highest BCUT2D eigenvalue weighted by Gasteiger charge is 2.44. The maximum Gasteiger partial charge on any atom is 0.222 e. The zero-order valence-electron chi connectivity index (χ0n) is 37.7. The van der Waals surface area contributed by atoms with Crippen molar-refractivity contribution in [2.24, 2.45) is 0 Å². The quantitative estimate of drug-likeness (QED) is 0.106. The van der Waals surface area contributed by atoms with Gasteiger partial charge in [-0.2, -0.15) is 0 Å². The summed E-state index contributed by atoms with van der Waals surface area (Å²) in [7, 11) is 1.73. The van der Waals surface area contributed by atoms with E-state index in [0.717, 1.165) is 79.1 Å². The van der Waals surface area contributed by atoms with Crippen molar-refractivity contribution in [3.8, 4) is 0 Å². The number of rotatable bonds is 14. The van der Waals surface area contributed by atoms with Crippen molar-refractivity contribution in [1.82, 2.24) is 24.8 Å². The minimum atomic E-state index is -1.53. The van der Waals surface area contributed by atoms with Crippen LogP contribution in [0.1, 0.15) is 109 Å². The van der Waals surface area contributed by atoms with Crippen LogP contribution in [0.2, 0.25) is 0 Å². The number of ether oxygens (including phenoxy) is 4. The second-order valence-corrected chi connectivity index (χ2v) is 17.7. The first-order chi connectivity index (χ1) is 30.5. The van der Waals surface area contributed by atoms with E-state index in [1.54, 1.807) is 11.9 Å². The van der Waals surface area contributed by atoms with Gasteiger partial charge in [0, 0.05) is 77.3 Å². The van der Waals surface area contributed by atoms with Crippen LogP contribution in [0.4, 0.5) is 0 Å². The van der Waals surface area contributed by atoms with Gasteiger partial charge in [-0.15, -0.1) is 0 Å². The molecule has 4 aliphatic heterocycles. The second kappa shape index (κ2) is 20.2. The summed E-state index contributed by atoms with van der Waals surface area (Å²) in [5.74, 6) is -0.230. The fourth-order valence-electron chi connectivity index (χ4n) is 9.29. The molecule has 7 heterocycles. The predicted octanol–water partition coefficient (Wildman–Crippen LogP) is 3.04. The number of fused-ring (bicyclic) bond motifs is 8. The number of hydrogen-bond acceptors (Lipinski definition) is 14. The molecule has 4 aliphatic rings. The summed E-state index contributed by atoms with van der Waals surface area (Å²) < 4.78 is 23.1. The van der Waals surface area contributed by atoms with E-state index < -0.39 is 68.5 Å². The molecule has 350 valence electrons. The number of carbonyl (C=O) groups is 1. The standard InChI is InChI=1S/C47H65N5O12/c1-8-27-23(3)33-17-36-29(21-62-41-18-37(55)43(57)38(19-53)63-41)25(5)32(50-36)16-34-24(4)28(42(51-34)26(6)31-14-22(2)30(48-31)15-35(27)49-33)10-11-40(56)52(7)12-9-13-61-47-46(60)45(59)44(58)39(20-54)64-47/h14-17,24,28,37-39,41,43-47,49-50,53-55,57-60H,8-13,18-21H2,1-7H3/t24-,28-,37+,38+,39+,41+,43-,44+,45-,46+,47+/m0/s1. The van der Waals surface area contributed by atoms with E-state index in [1.165, 1.54) is 5.56 Å². The molecule has 64 heavy (non-hydrogen) atoms. The molecule has 0 radical (unpaired) electrons. The molecular formula is C47H65N5O12. The van der Waals surface area contributed by atoms with Crippen LogP contribution in [0.25, 0.3) is 33.7 Å². The summed E-state index contributed by atoms with van der Waals surface area (Å²) in [4.78, 5) is 33.0. The number of hydrogen-bond donors (Lipinski definition) is 9. The lowest BCUT2D eigenvalue weighted by Gasteiger charge is -2.39. The molecule has 17 heteroatoms. The minimum absolute atomic E-state index is 0.0487. The molecule has 0 saturated carbocycles. The predicted molar refractivity (Wildman–Crippen MR) is 238 cm³/mol. The zero-order chi connectivity index (χ0) is 46.1. The molecule has 11 atom stereocenters. The zero-order valence-corrected chi connectivity index (χ0v) is 37.7. The highest BCUT2D eigenvalue weighted by atomic mass is 16.7. The average molecular weight is 892 g/mol. The van der Waals surface area contributed by atoms with E-state index in [4.69, 9.17) is 28.9 Å². The summed E-state index contributed by atoms with van der Waals surface area (Å²) in [5.41, 5.74) is 13.0. The van der Waals surface area contributed by atoms with Crippen molar-refractivity contribution in [1.29, 1.82) is 0 Å². The molecule has 2 saturated heterocycles. The molecule has 2 fully saturated rings. The molecule has 9 N–H and O–H groups in total. The topological polar surface area (TPSA) is 256 Å². The van der Waals surface area contributed by atoms with Gasteiger partial charge in [0.05, 0.1) is 43.9 Å². The number of nitrogens with zero attached hydrogens (tertiary/aromatic N) is 3. The van der Waals surface area contributed by atoms with E-state index in [2.05, 4.69) is 61.9 Å². The normalized spacial score (nSPS) is 28.3. The van der Waals surface area contributed by atoms with E-state index in [0.29, 0.717) is 19.4 Å². The number of amides is 1. The molecule has 1 amide bonds. The number of carbonyl (C=O) groups excluding carboxylic acids is 1. The lowest BCUT2D eigenvalue weighted by molar-refractivity contribution is -0.301. The van der Waals surface area contributed by atoms with Gasteiger partial charge < -0.3 is 69.6 Å². The lowest BCUT2D eigenvalue weighted by Crippen LogP contribution is -2.59. The van der Waals surface area contributed by atoms with Crippen LogP contribution in [-0.4, -0.2) is 155 Å². The van der Waals surface area contributed by atoms with E-state index in [-0.39, 0.29) is 43.8 Å². The van der Waals surface area contributed by atoms with Crippen molar-refractivity contribution < 1.29 is 59.5 Å². The Morgan fingerprint density at radius 2 is 1.50 bits per heavy atom. The number of nitrogens with one attached hydrogen (secondary N) is 2. The van der Waals surface area contributed by atoms with E-state index >= 15 is 0 Å². The third-order valence-electron chi connectivity index (χ3n) is 13.5. The third kappa shape index (κ3) is 9.71. The molecule has 7 rings (SSSR count). The molecule has 0 spiro atoms. The molecule has 0 unspecified atom stereocenters. The maximum atomic E-state index is 13.6. The minimum Gasteiger partial charge on any atom is -0.394 e. The van der Waals surface area contributed by atoms with Gasteiger partial charge in [0.25, 0.3) is 0 Å². The van der Waals surface area contributed by atoms with Gasteiger partial charge in [0.15, 0.2) is 12.6 Å². The first-order valence-corrected chi connectivity index (χ1v) is 22.4. The fraction of sp³-hybridized carbons (Fsp3) is 0.596. The Kier molecular flexibility index (Phi) is 15.1. The second-order valence-electron chi connectivity index (χ2n) is 17.7. The average Bonchev–Trinajstić information content (AvgIpc) is 3.98. The first kappa shape index (κ1) is 47.8. The highest BCUT2D eigenvalue weighted by Crippen LogP contribution is 2.42. The summed E-state index contributed by atoms with van der Waals surface area (Å²) in [6.07, 6.45) is -6.79. The van der Waals surface area contributed by atoms with Gasteiger partial charge in [0.2, 0.25) is 5.91 Å². The number of aryl methyl sites for hydroxylation is 3. The van der Waals surface area contributed by atoms with Gasteiger partial charge in [0.1, 0.15) is 36.6 Å². The largest absolute Gasteiger partial charge is 0.394 e. The number of aliphatic hydroxyl groups excluding tert-OH is 7. The van der Waals surface area contributed by atoms with Gasteiger partial charge >= 0.3 is 0 Å². The molecule has 8 bridgehead atoms. The van der Waals surface area contributed by atoms with Crippen molar-refractivity contribution in [3.05, 3.63) is 68.8 Å². The van der Waals surface area contributed by atoms with Crippen LogP contribution >= 0.6 is 0 Å². The Bertz CT molecular complexity index is 2360. The van der Waals surface area contributed by atoms with Gasteiger partial charge in [-0.1, -0.05) is 13.8 Å². The number of aliphatic hydroxyl groups is 7. The molecular weight excluding hydrogens is 827 g/mol. The molecule has 17 nitrogen and oxygen atoms in total. The Balaban J connectivity index is 1.18. The van der Waals surface area contributed by atoms with Crippen molar-refractivity contribution in [2.45, 2.75) is 147 Å². The van der Waals surface area contributed by atoms with Crippen molar-refractivity contribution in [2.75, 3.05) is 33.4 Å². The van der Waals surface area contributed by atoms with Gasteiger partial charge in [-0.05, 0) is 99.1 Å². The number of allylic oxidation sites excluding steroid dienone is 1. The van der Waals surface area contributed by atoms with Crippen LogP contribution < -0.4 is 0 Å². The van der Waals surface area contributed by atoms with Gasteiger partial charge in [-0.25, -0.2) is 4.98 Å². The first-order valence-electron chi connectivity index (χ1n) is 22.4. The third-order valence-corrected chi connectivity index (χ3v) is 13.5. The number of aromatic nitrogens is 4. The number of aromatic amines is 2. The van der Waals surface area contributed by atoms with Crippen LogP contribution in [0.15, 0.2) is 18.2 Å². The Hall–Kier alpha value is -4.11. The van der Waals surface area contributed by atoms with Gasteiger partial charge in [-0.3, -0.25) is 9.78 Å². The fourth-order valence-corrected chi connectivity index (χ4v) is 9.29. The molecule has 0 aliphatic carbocycles. The Labute approximate surface area is 372 Å². The van der Waals surface area contributed by atoms with Crippen molar-refractivity contribution in [3.63, 3.8) is 0 Å². The summed E-state index contributed by atoms with van der Waals surface area (Å²) >= 11 is 0. The summed E-state index contributed by atoms with van der Waals surface area (Å²) in [6.45, 7) is 12.1. The van der Waals surface area contributed by atoms with Crippen LogP contribution in [0.3, 0.4) is 0 Å². The van der Waals surface area contributed by atoms with Crippen LogP contribution in [-0.2, 0) is 36.8 Å². The van der Waals surface area contributed by atoms with Crippen LogP contribution in [0, 0.1) is 20.8 Å². The van der Waals surface area contributed by atoms with Crippen LogP contribution in [0.5, 0.6) is 0 Å². The highest BCUT2D eigenvalue weighted by molar-refractivity contribution is 5.85. The summed E-state index contributed by atoms with van der Waals surface area (Å²) in [5, 5.41) is 70.5. The van der Waals surface area contributed by atoms with Crippen molar-refractivity contribution >= 4 is 39.6 Å². The smallest absolute Gasteiger partial charge is 0.222 e.